The van der Waals surface area contributed by atoms with E-state index in [1.54, 1.807) is 35.1 Å². The number of halogens is 2. The smallest absolute Gasteiger partial charge is 0.262 e. The van der Waals surface area contributed by atoms with Gasteiger partial charge in [0.15, 0.2) is 0 Å². The van der Waals surface area contributed by atoms with Gasteiger partial charge < -0.3 is 25.1 Å². The lowest BCUT2D eigenvalue weighted by Crippen LogP contribution is -2.46. The van der Waals surface area contributed by atoms with Crippen LogP contribution in [-0.2, 0) is 16.6 Å². The van der Waals surface area contributed by atoms with E-state index in [4.69, 9.17) is 14.5 Å². The maximum Gasteiger partial charge on any atom is 0.262 e. The van der Waals surface area contributed by atoms with Crippen LogP contribution in [0.1, 0.15) is 18.4 Å². The number of nitrogens with zero attached hydrogens (tertiary/aromatic N) is 5. The molecule has 40 heavy (non-hydrogen) atoms. The molecule has 11 nitrogen and oxygen atoms in total. The van der Waals surface area contributed by atoms with Crippen LogP contribution in [0, 0.1) is 6.92 Å². The molecule has 0 unspecified atom stereocenters. The zero-order valence-electron chi connectivity index (χ0n) is 22.4. The zero-order valence-corrected chi connectivity index (χ0v) is 22.4. The van der Waals surface area contributed by atoms with Gasteiger partial charge in [-0.3, -0.25) is 14.4 Å². The van der Waals surface area contributed by atoms with Gasteiger partial charge in [-0.25, -0.2) is 18.7 Å². The van der Waals surface area contributed by atoms with Gasteiger partial charge in [0.25, 0.3) is 11.8 Å². The average molecular weight is 553 g/mol. The first-order chi connectivity index (χ1) is 19.2. The second kappa shape index (κ2) is 10.1. The minimum atomic E-state index is -2.92. The van der Waals surface area contributed by atoms with Crippen molar-refractivity contribution >= 4 is 34.1 Å². The molecular weight excluding hydrogens is 522 g/mol. The fourth-order valence-corrected chi connectivity index (χ4v) is 5.52. The molecule has 2 aliphatic heterocycles. The summed E-state index contributed by atoms with van der Waals surface area (Å²) in [6, 6.07) is 4.37. The van der Waals surface area contributed by atoms with Gasteiger partial charge in [0.2, 0.25) is 11.9 Å². The van der Waals surface area contributed by atoms with Crippen LogP contribution in [0.25, 0.3) is 22.2 Å². The third-order valence-corrected chi connectivity index (χ3v) is 7.42. The number of methoxy groups -OCH3 is 1. The number of para-hydroxylation sites is 1. The molecule has 2 fully saturated rings. The van der Waals surface area contributed by atoms with E-state index in [0.29, 0.717) is 54.0 Å². The lowest BCUT2D eigenvalue weighted by Gasteiger charge is -2.28. The van der Waals surface area contributed by atoms with E-state index in [1.165, 1.54) is 7.11 Å². The predicted octanol–water partition coefficient (Wildman–Crippen LogP) is 3.86. The van der Waals surface area contributed by atoms with Crippen molar-refractivity contribution in [3.63, 3.8) is 0 Å². The van der Waals surface area contributed by atoms with Crippen molar-refractivity contribution in [2.24, 2.45) is 7.05 Å². The number of fused-ring (bicyclic) bond motifs is 1. The Balaban J connectivity index is 1.28. The zero-order chi connectivity index (χ0) is 28.0. The topological polar surface area (TPSA) is 122 Å². The molecule has 0 aliphatic carbocycles. The number of likely N-dealkylation sites (tertiary alicyclic amines) is 1. The van der Waals surface area contributed by atoms with E-state index < -0.39 is 30.8 Å². The largest absolute Gasteiger partial charge is 0.478 e. The Hall–Kier alpha value is -4.10. The lowest BCUT2D eigenvalue weighted by molar-refractivity contribution is -0.121. The number of alkyl halides is 2. The van der Waals surface area contributed by atoms with E-state index in [-0.39, 0.29) is 6.04 Å². The van der Waals surface area contributed by atoms with Crippen molar-refractivity contribution in [2.75, 3.05) is 37.5 Å². The Labute approximate surface area is 228 Å². The number of anilines is 3. The molecule has 0 spiro atoms. The maximum atomic E-state index is 14.4. The monoisotopic (exact) mass is 552 g/mol. The van der Waals surface area contributed by atoms with Crippen molar-refractivity contribution in [2.45, 2.75) is 37.8 Å². The number of hydrogen-bond acceptors (Lipinski definition) is 8. The van der Waals surface area contributed by atoms with Gasteiger partial charge in [-0.05, 0) is 25.0 Å². The third-order valence-electron chi connectivity index (χ3n) is 7.42. The molecule has 0 radical (unpaired) electrons. The number of carbonyl (C=O) groups is 1. The van der Waals surface area contributed by atoms with Crippen LogP contribution in [0.2, 0.25) is 0 Å². The molecule has 1 aromatic carbocycles. The first-order valence-corrected chi connectivity index (χ1v) is 13.0. The number of carbonyl (C=O) groups excluding carboxylic acids is 1. The van der Waals surface area contributed by atoms with Crippen LogP contribution in [0.5, 0.6) is 5.88 Å². The summed E-state index contributed by atoms with van der Waals surface area (Å²) in [6.45, 7) is 2.35. The quantitative estimate of drug-likeness (QED) is 0.316. The van der Waals surface area contributed by atoms with Crippen LogP contribution in [0.3, 0.4) is 0 Å². The van der Waals surface area contributed by atoms with Crippen LogP contribution < -0.4 is 15.4 Å². The minimum Gasteiger partial charge on any atom is -0.478 e. The Morgan fingerprint density at radius 2 is 2.15 bits per heavy atom. The maximum absolute atomic E-state index is 14.4. The standard InChI is InChI=1S/C27H30F2N8O3/c1-15-10-31-26(33-20-12-36(2)35-25(20)39-3)34-22(15)18-11-30-23-17(18)5-4-6-19(23)32-24(38)21-9-27(28,29)14-37(21)16-7-8-40-13-16/h4-6,10-12,16,21,30H,7-9,13-14H2,1-3H3,(H,32,38)(H,31,33,34)/t16-,21-/m1/s1. The molecular formula is C27H30F2N8O3. The molecule has 3 N–H and O–H groups in total. The number of aryl methyl sites for hydroxylation is 2. The molecule has 5 heterocycles. The van der Waals surface area contributed by atoms with Gasteiger partial charge in [-0.15, -0.1) is 5.10 Å². The third kappa shape index (κ3) is 4.86. The highest BCUT2D eigenvalue weighted by molar-refractivity contribution is 6.06. The number of H-pyrrole nitrogens is 1. The minimum absolute atomic E-state index is 0.188. The summed E-state index contributed by atoms with van der Waals surface area (Å²) in [7, 11) is 3.33. The molecule has 0 saturated carbocycles. The van der Waals surface area contributed by atoms with Crippen LogP contribution >= 0.6 is 0 Å². The van der Waals surface area contributed by atoms with Crippen molar-refractivity contribution in [1.29, 1.82) is 0 Å². The molecule has 13 heteroatoms. The molecule has 6 rings (SSSR count). The molecule has 2 saturated heterocycles. The van der Waals surface area contributed by atoms with E-state index in [0.717, 1.165) is 16.5 Å². The number of ether oxygens (including phenoxy) is 2. The van der Waals surface area contributed by atoms with Crippen molar-refractivity contribution in [3.8, 4) is 17.1 Å². The van der Waals surface area contributed by atoms with E-state index >= 15 is 0 Å². The van der Waals surface area contributed by atoms with Gasteiger partial charge in [0.05, 0.1) is 49.4 Å². The molecule has 2 aliphatic rings. The average Bonchev–Trinajstić information content (AvgIpc) is 3.71. The molecule has 3 aromatic heterocycles. The second-order valence-electron chi connectivity index (χ2n) is 10.3. The number of aromatic nitrogens is 5. The van der Waals surface area contributed by atoms with Gasteiger partial charge in [-0.1, -0.05) is 12.1 Å². The van der Waals surface area contributed by atoms with Crippen LogP contribution in [-0.4, -0.2) is 80.4 Å². The molecule has 1 amide bonds. The summed E-state index contributed by atoms with van der Waals surface area (Å²) in [5.41, 5.74) is 4.16. The normalized spacial score (nSPS) is 20.7. The molecule has 0 bridgehead atoms. The number of amides is 1. The van der Waals surface area contributed by atoms with E-state index in [1.807, 2.05) is 25.3 Å². The van der Waals surface area contributed by atoms with Crippen LogP contribution in [0.15, 0.2) is 36.8 Å². The van der Waals surface area contributed by atoms with E-state index in [9.17, 15) is 13.6 Å². The van der Waals surface area contributed by atoms with Crippen molar-refractivity contribution in [3.05, 3.63) is 42.4 Å². The van der Waals surface area contributed by atoms with Gasteiger partial charge in [-0.2, -0.15) is 0 Å². The first-order valence-electron chi connectivity index (χ1n) is 13.0. The summed E-state index contributed by atoms with van der Waals surface area (Å²) in [4.78, 5) is 27.3. The number of rotatable bonds is 7. The Morgan fingerprint density at radius 3 is 2.92 bits per heavy atom. The van der Waals surface area contributed by atoms with E-state index in [2.05, 4.69) is 25.7 Å². The van der Waals surface area contributed by atoms with Gasteiger partial charge in [0.1, 0.15) is 5.69 Å². The summed E-state index contributed by atoms with van der Waals surface area (Å²) in [6.07, 6.45) is 5.43. The van der Waals surface area contributed by atoms with Gasteiger partial charge in [0, 0.05) is 49.5 Å². The number of benzene rings is 1. The fourth-order valence-electron chi connectivity index (χ4n) is 5.52. The second-order valence-corrected chi connectivity index (χ2v) is 10.3. The first kappa shape index (κ1) is 26.1. The Bertz CT molecular complexity index is 1560. The highest BCUT2D eigenvalue weighted by Gasteiger charge is 2.50. The Kier molecular flexibility index (Phi) is 6.62. The molecule has 2 atom stereocenters. The van der Waals surface area contributed by atoms with Crippen LogP contribution in [0.4, 0.5) is 26.1 Å². The molecule has 210 valence electrons. The van der Waals surface area contributed by atoms with Crippen molar-refractivity contribution in [1.82, 2.24) is 29.6 Å². The highest BCUT2D eigenvalue weighted by Crippen LogP contribution is 2.37. The number of hydrogen-bond donors (Lipinski definition) is 3. The van der Waals surface area contributed by atoms with Crippen molar-refractivity contribution < 1.29 is 23.0 Å². The van der Waals surface area contributed by atoms with Gasteiger partial charge >= 0.3 is 0 Å². The SMILES string of the molecule is COc1nn(C)cc1Nc1ncc(C)c(-c2c[nH]c3c(NC(=O)[C@H]4CC(F)(F)CN4[C@@H]4CCOC4)cccc23)n1. The fraction of sp³-hybridized carbons (Fsp3) is 0.407. The summed E-state index contributed by atoms with van der Waals surface area (Å²) < 4.78 is 41.1. The summed E-state index contributed by atoms with van der Waals surface area (Å²) >= 11 is 0. The number of aromatic amines is 1. The highest BCUT2D eigenvalue weighted by atomic mass is 19.3. The molecule has 4 aromatic rings. The lowest BCUT2D eigenvalue weighted by atomic mass is 10.1. The summed E-state index contributed by atoms with van der Waals surface area (Å²) in [5, 5.41) is 11.1. The number of nitrogens with one attached hydrogen (secondary N) is 3. The summed E-state index contributed by atoms with van der Waals surface area (Å²) in [5.74, 6) is -2.60. The Morgan fingerprint density at radius 1 is 1.30 bits per heavy atom. The predicted molar refractivity (Wildman–Crippen MR) is 145 cm³/mol.